The summed E-state index contributed by atoms with van der Waals surface area (Å²) >= 11 is 0. The molecule has 1 aliphatic rings. The molecule has 1 rings (SSSR count). The molecule has 0 aliphatic carbocycles. The topological polar surface area (TPSA) is 64.3 Å². The predicted molar refractivity (Wildman–Crippen MR) is 50.3 cm³/mol. The summed E-state index contributed by atoms with van der Waals surface area (Å²) in [6.07, 6.45) is -4.82. The van der Waals surface area contributed by atoms with Crippen molar-refractivity contribution < 1.29 is 22.7 Å². The van der Waals surface area contributed by atoms with Gasteiger partial charge in [0.15, 0.2) is 0 Å². The highest BCUT2D eigenvalue weighted by Gasteiger charge is 2.67. The number of carbonyl (C=O) groups excluding carboxylic acids is 1. The van der Waals surface area contributed by atoms with Gasteiger partial charge in [0.2, 0.25) is 5.60 Å². The normalized spacial score (nSPS) is 34.8. The van der Waals surface area contributed by atoms with E-state index >= 15 is 0 Å². The van der Waals surface area contributed by atoms with Crippen LogP contribution in [0.3, 0.4) is 0 Å². The van der Waals surface area contributed by atoms with E-state index in [1.165, 1.54) is 20.8 Å². The van der Waals surface area contributed by atoms with Gasteiger partial charge in [-0.3, -0.25) is 10.1 Å². The van der Waals surface area contributed by atoms with E-state index in [0.29, 0.717) is 0 Å². The Bertz CT molecular complexity index is 304. The number of halogens is 3. The Hall–Kier alpha value is -0.820. The molecular formula is C9H15F3N2O2. The van der Waals surface area contributed by atoms with Crippen LogP contribution in [-0.2, 0) is 9.53 Å². The van der Waals surface area contributed by atoms with Crippen LogP contribution in [0, 0.1) is 5.92 Å². The van der Waals surface area contributed by atoms with Gasteiger partial charge in [-0.1, -0.05) is 6.92 Å². The first kappa shape index (κ1) is 13.2. The minimum atomic E-state index is -4.82. The molecule has 0 aromatic heterocycles. The van der Waals surface area contributed by atoms with Crippen LogP contribution < -0.4 is 11.1 Å². The van der Waals surface area contributed by atoms with Gasteiger partial charge in [-0.15, -0.1) is 0 Å². The van der Waals surface area contributed by atoms with Gasteiger partial charge in [-0.25, -0.2) is 0 Å². The summed E-state index contributed by atoms with van der Waals surface area (Å²) in [5.74, 6) is -2.57. The maximum atomic E-state index is 13.0. The van der Waals surface area contributed by atoms with Crippen LogP contribution in [0.15, 0.2) is 0 Å². The van der Waals surface area contributed by atoms with E-state index in [1.54, 1.807) is 0 Å². The number of alkyl halides is 3. The van der Waals surface area contributed by atoms with Crippen LogP contribution in [0.5, 0.6) is 0 Å². The number of ether oxygens (including phenoxy) is 1. The number of hydrogen-bond acceptors (Lipinski definition) is 3. The van der Waals surface area contributed by atoms with E-state index in [1.807, 2.05) is 0 Å². The average Bonchev–Trinajstić information content (AvgIpc) is 2.06. The van der Waals surface area contributed by atoms with E-state index < -0.39 is 29.3 Å². The van der Waals surface area contributed by atoms with Crippen molar-refractivity contribution in [3.8, 4) is 0 Å². The van der Waals surface area contributed by atoms with Crippen molar-refractivity contribution in [1.29, 1.82) is 0 Å². The highest BCUT2D eigenvalue weighted by Crippen LogP contribution is 2.43. The molecule has 1 heterocycles. The largest absolute Gasteiger partial charge is 0.427 e. The second-order valence-corrected chi connectivity index (χ2v) is 4.49. The van der Waals surface area contributed by atoms with Crippen molar-refractivity contribution >= 4 is 5.91 Å². The number of rotatable bonds is 1. The summed E-state index contributed by atoms with van der Waals surface area (Å²) in [5.41, 5.74) is 0.734. The second-order valence-electron chi connectivity index (χ2n) is 4.49. The van der Waals surface area contributed by atoms with Crippen molar-refractivity contribution in [3.05, 3.63) is 0 Å². The van der Waals surface area contributed by atoms with Gasteiger partial charge in [-0.2, -0.15) is 13.2 Å². The van der Waals surface area contributed by atoms with Crippen molar-refractivity contribution in [2.75, 3.05) is 6.54 Å². The molecule has 1 saturated heterocycles. The number of nitrogens with one attached hydrogen (secondary N) is 1. The van der Waals surface area contributed by atoms with Gasteiger partial charge in [0.25, 0.3) is 5.91 Å². The monoisotopic (exact) mass is 240 g/mol. The number of amides is 1. The molecule has 3 N–H and O–H groups in total. The van der Waals surface area contributed by atoms with Crippen LogP contribution in [0.4, 0.5) is 13.2 Å². The molecule has 0 spiro atoms. The quantitative estimate of drug-likeness (QED) is 0.711. The van der Waals surface area contributed by atoms with Crippen LogP contribution in [-0.4, -0.2) is 30.0 Å². The van der Waals surface area contributed by atoms with E-state index in [2.05, 4.69) is 5.32 Å². The first-order valence-corrected chi connectivity index (χ1v) is 4.85. The summed E-state index contributed by atoms with van der Waals surface area (Å²) in [6, 6.07) is 0. The molecule has 7 heteroatoms. The highest BCUT2D eigenvalue weighted by atomic mass is 19.4. The highest BCUT2D eigenvalue weighted by molar-refractivity contribution is 5.85. The number of carbonyl (C=O) groups is 1. The standard InChI is InChI=1S/C9H15F3N2O2/c1-5-4-14-7(2,3)16-8(5,6(13)15)9(10,11)12/h5,14H,4H2,1-3H3,(H2,13,15)/t5?,8-/m1/s1. The molecule has 0 aromatic carbocycles. The van der Waals surface area contributed by atoms with E-state index in [0.717, 1.165) is 0 Å². The van der Waals surface area contributed by atoms with Crippen LogP contribution >= 0.6 is 0 Å². The Kier molecular flexibility index (Phi) is 2.98. The second kappa shape index (κ2) is 3.59. The molecule has 1 aliphatic heterocycles. The lowest BCUT2D eigenvalue weighted by molar-refractivity contribution is -0.324. The van der Waals surface area contributed by atoms with E-state index in [9.17, 15) is 18.0 Å². The van der Waals surface area contributed by atoms with E-state index in [-0.39, 0.29) is 6.54 Å². The lowest BCUT2D eigenvalue weighted by Crippen LogP contribution is -2.71. The smallest absolute Gasteiger partial charge is 0.367 e. The average molecular weight is 240 g/mol. The Morgan fingerprint density at radius 3 is 2.31 bits per heavy atom. The molecule has 16 heavy (non-hydrogen) atoms. The molecule has 2 atom stereocenters. The summed E-state index contributed by atoms with van der Waals surface area (Å²) in [6.45, 7) is 4.13. The van der Waals surface area contributed by atoms with Crippen molar-refractivity contribution in [2.45, 2.75) is 38.3 Å². The Balaban J connectivity index is 3.22. The van der Waals surface area contributed by atoms with Gasteiger partial charge >= 0.3 is 6.18 Å². The maximum absolute atomic E-state index is 13.0. The molecule has 1 amide bonds. The van der Waals surface area contributed by atoms with Gasteiger partial charge in [0.1, 0.15) is 5.72 Å². The fourth-order valence-corrected chi connectivity index (χ4v) is 1.85. The number of primary amides is 1. The molecule has 0 aromatic rings. The molecule has 0 radical (unpaired) electrons. The molecule has 94 valence electrons. The minimum absolute atomic E-state index is 0.00938. The fourth-order valence-electron chi connectivity index (χ4n) is 1.85. The summed E-state index contributed by atoms with van der Waals surface area (Å²) in [5, 5.41) is 2.76. The summed E-state index contributed by atoms with van der Waals surface area (Å²) in [4.78, 5) is 11.2. The summed E-state index contributed by atoms with van der Waals surface area (Å²) in [7, 11) is 0. The molecule has 1 fully saturated rings. The first-order chi connectivity index (χ1) is 7.03. The van der Waals surface area contributed by atoms with E-state index in [4.69, 9.17) is 10.5 Å². The zero-order chi connectivity index (χ0) is 12.8. The Morgan fingerprint density at radius 2 is 2.00 bits per heavy atom. The predicted octanol–water partition coefficient (Wildman–Crippen LogP) is 0.765. The van der Waals surface area contributed by atoms with Crippen LogP contribution in [0.1, 0.15) is 20.8 Å². The SMILES string of the molecule is CC1CNC(C)(C)O[C@]1(C(N)=O)C(F)(F)F. The van der Waals surface area contributed by atoms with Crippen molar-refractivity contribution in [3.63, 3.8) is 0 Å². The fraction of sp³-hybridized carbons (Fsp3) is 0.889. The minimum Gasteiger partial charge on any atom is -0.367 e. The van der Waals surface area contributed by atoms with Gasteiger partial charge < -0.3 is 10.5 Å². The summed E-state index contributed by atoms with van der Waals surface area (Å²) < 4.78 is 43.9. The molecule has 0 bridgehead atoms. The molecular weight excluding hydrogens is 225 g/mol. The number of hydrogen-bond donors (Lipinski definition) is 2. The molecule has 4 nitrogen and oxygen atoms in total. The third kappa shape index (κ3) is 1.89. The Morgan fingerprint density at radius 1 is 1.50 bits per heavy atom. The number of nitrogens with two attached hydrogens (primary N) is 1. The zero-order valence-electron chi connectivity index (χ0n) is 9.31. The van der Waals surface area contributed by atoms with Gasteiger partial charge in [-0.05, 0) is 13.8 Å². The lowest BCUT2D eigenvalue weighted by Gasteiger charge is -2.48. The van der Waals surface area contributed by atoms with Crippen molar-refractivity contribution in [2.24, 2.45) is 11.7 Å². The lowest BCUT2D eigenvalue weighted by atomic mass is 9.84. The van der Waals surface area contributed by atoms with Crippen LogP contribution in [0.25, 0.3) is 0 Å². The third-order valence-corrected chi connectivity index (χ3v) is 2.73. The zero-order valence-corrected chi connectivity index (χ0v) is 9.31. The third-order valence-electron chi connectivity index (χ3n) is 2.73. The Labute approximate surface area is 91.3 Å². The maximum Gasteiger partial charge on any atom is 0.427 e. The molecule has 0 saturated carbocycles. The first-order valence-electron chi connectivity index (χ1n) is 4.85. The molecule has 1 unspecified atom stereocenters. The van der Waals surface area contributed by atoms with Crippen LogP contribution in [0.2, 0.25) is 0 Å². The van der Waals surface area contributed by atoms with Crippen molar-refractivity contribution in [1.82, 2.24) is 5.32 Å². The van der Waals surface area contributed by atoms with Gasteiger partial charge in [0, 0.05) is 12.5 Å². The van der Waals surface area contributed by atoms with Gasteiger partial charge in [0.05, 0.1) is 0 Å².